The first kappa shape index (κ1) is 18.1. The van der Waals surface area contributed by atoms with Crippen LogP contribution in [0, 0.1) is 5.82 Å². The third-order valence-electron chi connectivity index (χ3n) is 4.51. The Morgan fingerprint density at radius 2 is 1.92 bits per heavy atom. The molecule has 4 heteroatoms. The van der Waals surface area contributed by atoms with Crippen molar-refractivity contribution in [3.63, 3.8) is 0 Å². The molecular weight excluding hydrogens is 327 g/mol. The third-order valence-corrected chi connectivity index (χ3v) is 4.51. The molecule has 0 aliphatic rings. The zero-order valence-corrected chi connectivity index (χ0v) is 15.0. The van der Waals surface area contributed by atoms with Gasteiger partial charge < -0.3 is 5.32 Å². The van der Waals surface area contributed by atoms with Gasteiger partial charge in [-0.2, -0.15) is 0 Å². The van der Waals surface area contributed by atoms with Crippen LogP contribution in [0.4, 0.5) is 4.39 Å². The van der Waals surface area contributed by atoms with E-state index in [2.05, 4.69) is 17.2 Å². The van der Waals surface area contributed by atoms with Crippen LogP contribution >= 0.6 is 0 Å². The summed E-state index contributed by atoms with van der Waals surface area (Å²) in [6, 6.07) is 14.5. The quantitative estimate of drug-likeness (QED) is 0.607. The summed E-state index contributed by atoms with van der Waals surface area (Å²) < 4.78 is 14.6. The van der Waals surface area contributed by atoms with Crippen molar-refractivity contribution in [2.75, 3.05) is 0 Å². The van der Waals surface area contributed by atoms with Crippen molar-refractivity contribution in [1.29, 1.82) is 0 Å². The van der Waals surface area contributed by atoms with Gasteiger partial charge in [0.1, 0.15) is 5.82 Å². The fourth-order valence-electron chi connectivity index (χ4n) is 3.02. The number of benzene rings is 2. The highest BCUT2D eigenvalue weighted by Gasteiger charge is 2.11. The minimum atomic E-state index is -0.216. The molecule has 3 nitrogen and oxygen atoms in total. The van der Waals surface area contributed by atoms with Crippen molar-refractivity contribution in [1.82, 2.24) is 10.3 Å². The van der Waals surface area contributed by atoms with Gasteiger partial charge in [0.05, 0.1) is 5.52 Å². The van der Waals surface area contributed by atoms with E-state index in [1.165, 1.54) is 0 Å². The second-order valence-corrected chi connectivity index (χ2v) is 6.44. The molecule has 0 aliphatic heterocycles. The highest BCUT2D eigenvalue weighted by Crippen LogP contribution is 2.17. The molecule has 3 aromatic rings. The Bertz CT molecular complexity index is 908. The summed E-state index contributed by atoms with van der Waals surface area (Å²) in [6.45, 7) is 2.31. The molecule has 0 unspecified atom stereocenters. The summed E-state index contributed by atoms with van der Waals surface area (Å²) in [6.07, 6.45) is 5.64. The van der Waals surface area contributed by atoms with E-state index in [9.17, 15) is 9.18 Å². The van der Waals surface area contributed by atoms with E-state index < -0.39 is 0 Å². The first-order chi connectivity index (χ1) is 12.7. The SMILES string of the molecule is CCCCCc1cccc(CNC(=O)c2ccc3ncccc3c2)c1F. The minimum Gasteiger partial charge on any atom is -0.348 e. The number of nitrogens with one attached hydrogen (secondary N) is 1. The number of rotatable bonds is 7. The van der Waals surface area contributed by atoms with Crippen molar-refractivity contribution < 1.29 is 9.18 Å². The van der Waals surface area contributed by atoms with Crippen LogP contribution in [0.5, 0.6) is 0 Å². The van der Waals surface area contributed by atoms with Crippen molar-refractivity contribution >= 4 is 16.8 Å². The molecule has 1 heterocycles. The minimum absolute atomic E-state index is 0.178. The lowest BCUT2D eigenvalue weighted by molar-refractivity contribution is 0.0950. The van der Waals surface area contributed by atoms with Gasteiger partial charge in [-0.25, -0.2) is 4.39 Å². The summed E-state index contributed by atoms with van der Waals surface area (Å²) in [7, 11) is 0. The third kappa shape index (κ3) is 4.26. The smallest absolute Gasteiger partial charge is 0.251 e. The number of halogens is 1. The largest absolute Gasteiger partial charge is 0.348 e. The number of pyridine rings is 1. The molecule has 1 aromatic heterocycles. The van der Waals surface area contributed by atoms with Gasteiger partial charge in [-0.3, -0.25) is 9.78 Å². The van der Waals surface area contributed by atoms with Crippen molar-refractivity contribution in [2.24, 2.45) is 0 Å². The maximum Gasteiger partial charge on any atom is 0.251 e. The van der Waals surface area contributed by atoms with Gasteiger partial charge in [-0.15, -0.1) is 0 Å². The van der Waals surface area contributed by atoms with E-state index in [1.807, 2.05) is 30.3 Å². The predicted molar refractivity (Wildman–Crippen MR) is 103 cm³/mol. The second-order valence-electron chi connectivity index (χ2n) is 6.44. The highest BCUT2D eigenvalue weighted by molar-refractivity contribution is 5.97. The molecule has 0 bridgehead atoms. The van der Waals surface area contributed by atoms with Gasteiger partial charge >= 0.3 is 0 Å². The van der Waals surface area contributed by atoms with Crippen LogP contribution in [0.3, 0.4) is 0 Å². The van der Waals surface area contributed by atoms with Gasteiger partial charge in [0.25, 0.3) is 5.91 Å². The number of nitrogens with zero attached hydrogens (tertiary/aromatic N) is 1. The molecule has 134 valence electrons. The standard InChI is InChI=1S/C22H23FN2O/c1-2-3-4-7-16-8-5-9-19(21(16)23)15-25-22(26)18-11-12-20-17(14-18)10-6-13-24-20/h5-6,8-14H,2-4,7,15H2,1H3,(H,25,26). The Labute approximate surface area is 153 Å². The molecular formula is C22H23FN2O. The molecule has 2 aromatic carbocycles. The molecule has 1 amide bonds. The number of hydrogen-bond donors (Lipinski definition) is 1. The number of hydrogen-bond acceptors (Lipinski definition) is 2. The lowest BCUT2D eigenvalue weighted by Gasteiger charge is -2.10. The maximum absolute atomic E-state index is 14.6. The molecule has 0 saturated heterocycles. The van der Waals surface area contributed by atoms with Crippen LogP contribution in [0.15, 0.2) is 54.7 Å². The van der Waals surface area contributed by atoms with Gasteiger partial charge in [-0.1, -0.05) is 44.0 Å². The lowest BCUT2D eigenvalue weighted by Crippen LogP contribution is -2.23. The van der Waals surface area contributed by atoms with Gasteiger partial charge in [-0.05, 0) is 42.7 Å². The Balaban J connectivity index is 1.67. The zero-order chi connectivity index (χ0) is 18.4. The van der Waals surface area contributed by atoms with Crippen LogP contribution in [0.25, 0.3) is 10.9 Å². The van der Waals surface area contributed by atoms with Crippen LogP contribution in [-0.2, 0) is 13.0 Å². The number of carbonyl (C=O) groups excluding carboxylic acids is 1. The average Bonchev–Trinajstić information content (AvgIpc) is 2.68. The van der Waals surface area contributed by atoms with Crippen LogP contribution in [-0.4, -0.2) is 10.9 Å². The van der Waals surface area contributed by atoms with E-state index in [-0.39, 0.29) is 18.3 Å². The number of carbonyl (C=O) groups is 1. The second kappa shape index (κ2) is 8.56. The topological polar surface area (TPSA) is 42.0 Å². The Morgan fingerprint density at radius 1 is 1.08 bits per heavy atom. The van der Waals surface area contributed by atoms with Crippen LogP contribution in [0.2, 0.25) is 0 Å². The monoisotopic (exact) mass is 350 g/mol. The first-order valence-corrected chi connectivity index (χ1v) is 9.08. The summed E-state index contributed by atoms with van der Waals surface area (Å²) in [5, 5.41) is 3.72. The number of aryl methyl sites for hydroxylation is 1. The Kier molecular flexibility index (Phi) is 5.95. The summed E-state index contributed by atoms with van der Waals surface area (Å²) in [5.74, 6) is -0.418. The fraction of sp³-hybridized carbons (Fsp3) is 0.273. The molecule has 3 rings (SSSR count). The first-order valence-electron chi connectivity index (χ1n) is 9.08. The molecule has 0 radical (unpaired) electrons. The van der Waals surface area contributed by atoms with Crippen LogP contribution in [0.1, 0.15) is 47.7 Å². The van der Waals surface area contributed by atoms with Gasteiger partial charge in [0, 0.05) is 29.3 Å². The molecule has 26 heavy (non-hydrogen) atoms. The summed E-state index contributed by atoms with van der Waals surface area (Å²) in [5.41, 5.74) is 2.64. The molecule has 0 aliphatic carbocycles. The number of fused-ring (bicyclic) bond motifs is 1. The zero-order valence-electron chi connectivity index (χ0n) is 15.0. The number of unbranched alkanes of at least 4 members (excludes halogenated alkanes) is 2. The van der Waals surface area contributed by atoms with E-state index in [0.29, 0.717) is 11.1 Å². The highest BCUT2D eigenvalue weighted by atomic mass is 19.1. The van der Waals surface area contributed by atoms with Crippen molar-refractivity contribution in [3.8, 4) is 0 Å². The predicted octanol–water partition coefficient (Wildman–Crippen LogP) is 5.04. The fourth-order valence-corrected chi connectivity index (χ4v) is 3.02. The molecule has 1 N–H and O–H groups in total. The molecule has 0 saturated carbocycles. The average molecular weight is 350 g/mol. The Hall–Kier alpha value is -2.75. The van der Waals surface area contributed by atoms with Crippen molar-refractivity contribution in [2.45, 2.75) is 39.2 Å². The van der Waals surface area contributed by atoms with Crippen molar-refractivity contribution in [3.05, 3.63) is 77.2 Å². The van der Waals surface area contributed by atoms with Gasteiger partial charge in [0.15, 0.2) is 0 Å². The normalized spacial score (nSPS) is 10.8. The molecule has 0 fully saturated rings. The lowest BCUT2D eigenvalue weighted by atomic mass is 10.0. The molecule has 0 atom stereocenters. The van der Waals surface area contributed by atoms with Gasteiger partial charge in [0.2, 0.25) is 0 Å². The number of aromatic nitrogens is 1. The van der Waals surface area contributed by atoms with E-state index in [0.717, 1.165) is 42.1 Å². The molecule has 0 spiro atoms. The van der Waals surface area contributed by atoms with E-state index in [4.69, 9.17) is 0 Å². The summed E-state index contributed by atoms with van der Waals surface area (Å²) in [4.78, 5) is 16.7. The number of amides is 1. The van der Waals surface area contributed by atoms with E-state index >= 15 is 0 Å². The summed E-state index contributed by atoms with van der Waals surface area (Å²) >= 11 is 0. The Morgan fingerprint density at radius 3 is 2.77 bits per heavy atom. The van der Waals surface area contributed by atoms with E-state index in [1.54, 1.807) is 24.4 Å². The maximum atomic E-state index is 14.6. The van der Waals surface area contributed by atoms with Crippen LogP contribution < -0.4 is 5.32 Å².